The maximum atomic E-state index is 9.50. The van der Waals surface area contributed by atoms with Gasteiger partial charge in [0.05, 0.1) is 6.61 Å². The van der Waals surface area contributed by atoms with E-state index < -0.39 is 0 Å². The molecular formula is C15H24O. The first-order valence-corrected chi connectivity index (χ1v) is 6.27. The average Bonchev–Trinajstić information content (AvgIpc) is 2.31. The molecule has 1 aromatic carbocycles. The van der Waals surface area contributed by atoms with Gasteiger partial charge in [-0.15, -0.1) is 0 Å². The molecule has 0 spiro atoms. The minimum atomic E-state index is -0.140. The first-order chi connectivity index (χ1) is 7.56. The van der Waals surface area contributed by atoms with Crippen LogP contribution >= 0.6 is 0 Å². The molecule has 1 nitrogen and oxygen atoms in total. The summed E-state index contributed by atoms with van der Waals surface area (Å²) in [4.78, 5) is 0. The lowest BCUT2D eigenvalue weighted by molar-refractivity contribution is 0.217. The number of hydrogen-bond donors (Lipinski definition) is 1. The highest BCUT2D eigenvalue weighted by atomic mass is 16.3. The van der Waals surface area contributed by atoms with E-state index >= 15 is 0 Å². The zero-order valence-electron chi connectivity index (χ0n) is 11.0. The zero-order chi connectivity index (χ0) is 12.2. The van der Waals surface area contributed by atoms with E-state index in [-0.39, 0.29) is 12.0 Å². The second-order valence-corrected chi connectivity index (χ2v) is 5.14. The lowest BCUT2D eigenvalue weighted by Crippen LogP contribution is -2.24. The van der Waals surface area contributed by atoms with Crippen LogP contribution in [0.3, 0.4) is 0 Å². The fraction of sp³-hybridized carbons (Fsp3) is 0.600. The maximum Gasteiger partial charge on any atom is 0.0522 e. The minimum absolute atomic E-state index is 0.140. The van der Waals surface area contributed by atoms with Gasteiger partial charge in [0.1, 0.15) is 0 Å². The Bertz CT molecular complexity index is 324. The summed E-state index contributed by atoms with van der Waals surface area (Å²) in [6.07, 6.45) is 2.32. The predicted molar refractivity (Wildman–Crippen MR) is 69.9 cm³/mol. The van der Waals surface area contributed by atoms with E-state index in [4.69, 9.17) is 0 Å². The molecule has 1 heteroatoms. The van der Waals surface area contributed by atoms with Crippen LogP contribution in [-0.4, -0.2) is 11.7 Å². The van der Waals surface area contributed by atoms with Crippen molar-refractivity contribution < 1.29 is 5.11 Å². The second kappa shape index (κ2) is 5.49. The van der Waals surface area contributed by atoms with Gasteiger partial charge in [-0.3, -0.25) is 0 Å². The van der Waals surface area contributed by atoms with Gasteiger partial charge in [0.2, 0.25) is 0 Å². The SMILES string of the molecule is CCC(CC)c1ccccc1C(C)(C)CO. The molecule has 1 N–H and O–H groups in total. The standard InChI is InChI=1S/C15H24O/c1-5-12(6-2)13-9-7-8-10-14(13)15(3,4)11-16/h7-10,12,16H,5-6,11H2,1-4H3. The summed E-state index contributed by atoms with van der Waals surface area (Å²) in [6, 6.07) is 8.54. The Morgan fingerprint density at radius 1 is 1.12 bits per heavy atom. The van der Waals surface area contributed by atoms with Crippen molar-refractivity contribution in [1.82, 2.24) is 0 Å². The lowest BCUT2D eigenvalue weighted by atomic mass is 9.78. The van der Waals surface area contributed by atoms with Gasteiger partial charge in [-0.25, -0.2) is 0 Å². The Balaban J connectivity index is 3.19. The molecular weight excluding hydrogens is 196 g/mol. The van der Waals surface area contributed by atoms with Gasteiger partial charge >= 0.3 is 0 Å². The van der Waals surface area contributed by atoms with Crippen molar-refractivity contribution in [2.75, 3.05) is 6.61 Å². The van der Waals surface area contributed by atoms with Crippen LogP contribution < -0.4 is 0 Å². The molecule has 0 fully saturated rings. The van der Waals surface area contributed by atoms with Gasteiger partial charge in [-0.1, -0.05) is 52.0 Å². The molecule has 16 heavy (non-hydrogen) atoms. The normalized spacial score (nSPS) is 12.1. The van der Waals surface area contributed by atoms with E-state index in [1.807, 2.05) is 0 Å². The van der Waals surface area contributed by atoms with Crippen molar-refractivity contribution in [3.05, 3.63) is 35.4 Å². The van der Waals surface area contributed by atoms with Crippen molar-refractivity contribution in [2.24, 2.45) is 0 Å². The van der Waals surface area contributed by atoms with Crippen LogP contribution in [0.4, 0.5) is 0 Å². The Morgan fingerprint density at radius 2 is 1.69 bits per heavy atom. The molecule has 0 unspecified atom stereocenters. The van der Waals surface area contributed by atoms with Gasteiger partial charge in [0.15, 0.2) is 0 Å². The predicted octanol–water partition coefficient (Wildman–Crippen LogP) is 3.86. The summed E-state index contributed by atoms with van der Waals surface area (Å²) in [5.74, 6) is 0.613. The summed E-state index contributed by atoms with van der Waals surface area (Å²) in [5.41, 5.74) is 2.57. The molecule has 0 aliphatic heterocycles. The van der Waals surface area contributed by atoms with Gasteiger partial charge in [-0.05, 0) is 29.9 Å². The molecule has 1 rings (SSSR count). The van der Waals surface area contributed by atoms with Crippen LogP contribution in [0.15, 0.2) is 24.3 Å². The van der Waals surface area contributed by atoms with Crippen molar-refractivity contribution in [3.63, 3.8) is 0 Å². The van der Waals surface area contributed by atoms with Crippen molar-refractivity contribution >= 4 is 0 Å². The largest absolute Gasteiger partial charge is 0.395 e. The van der Waals surface area contributed by atoms with Gasteiger partial charge < -0.3 is 5.11 Å². The van der Waals surface area contributed by atoms with E-state index in [2.05, 4.69) is 52.0 Å². The number of rotatable bonds is 5. The molecule has 0 aliphatic rings. The highest BCUT2D eigenvalue weighted by Gasteiger charge is 2.24. The van der Waals surface area contributed by atoms with Crippen LogP contribution in [0.1, 0.15) is 57.6 Å². The highest BCUT2D eigenvalue weighted by molar-refractivity contribution is 5.36. The topological polar surface area (TPSA) is 20.2 Å². The quantitative estimate of drug-likeness (QED) is 0.799. The molecule has 0 heterocycles. The van der Waals surface area contributed by atoms with Crippen LogP contribution in [0.2, 0.25) is 0 Å². The van der Waals surface area contributed by atoms with Crippen molar-refractivity contribution in [2.45, 2.75) is 51.9 Å². The van der Waals surface area contributed by atoms with Crippen molar-refractivity contribution in [1.29, 1.82) is 0 Å². The molecule has 0 aliphatic carbocycles. The van der Waals surface area contributed by atoms with Gasteiger partial charge in [0, 0.05) is 5.41 Å². The first-order valence-electron chi connectivity index (χ1n) is 6.27. The van der Waals surface area contributed by atoms with E-state index in [1.54, 1.807) is 0 Å². The maximum absolute atomic E-state index is 9.50. The van der Waals surface area contributed by atoms with E-state index in [0.29, 0.717) is 5.92 Å². The smallest absolute Gasteiger partial charge is 0.0522 e. The third-order valence-electron chi connectivity index (χ3n) is 3.51. The highest BCUT2D eigenvalue weighted by Crippen LogP contribution is 2.33. The van der Waals surface area contributed by atoms with Crippen molar-refractivity contribution in [3.8, 4) is 0 Å². The fourth-order valence-electron chi connectivity index (χ4n) is 2.28. The number of hydrogen-bond acceptors (Lipinski definition) is 1. The summed E-state index contributed by atoms with van der Waals surface area (Å²) < 4.78 is 0. The molecule has 0 amide bonds. The third-order valence-corrected chi connectivity index (χ3v) is 3.51. The number of benzene rings is 1. The first kappa shape index (κ1) is 13.2. The Labute approximate surface area is 99.5 Å². The number of aliphatic hydroxyl groups is 1. The minimum Gasteiger partial charge on any atom is -0.395 e. The van der Waals surface area contributed by atoms with Gasteiger partial charge in [-0.2, -0.15) is 0 Å². The number of aliphatic hydroxyl groups excluding tert-OH is 1. The Kier molecular flexibility index (Phi) is 4.55. The summed E-state index contributed by atoms with van der Waals surface area (Å²) >= 11 is 0. The molecule has 0 atom stereocenters. The lowest BCUT2D eigenvalue weighted by Gasteiger charge is -2.28. The Morgan fingerprint density at radius 3 is 2.19 bits per heavy atom. The monoisotopic (exact) mass is 220 g/mol. The molecule has 0 aromatic heterocycles. The van der Waals surface area contributed by atoms with E-state index in [0.717, 1.165) is 12.8 Å². The van der Waals surface area contributed by atoms with E-state index in [9.17, 15) is 5.11 Å². The van der Waals surface area contributed by atoms with Gasteiger partial charge in [0.25, 0.3) is 0 Å². The Hall–Kier alpha value is -0.820. The third kappa shape index (κ3) is 2.65. The van der Waals surface area contributed by atoms with E-state index in [1.165, 1.54) is 11.1 Å². The van der Waals surface area contributed by atoms with Crippen LogP contribution in [0.25, 0.3) is 0 Å². The molecule has 90 valence electrons. The van der Waals surface area contributed by atoms with Crippen LogP contribution in [-0.2, 0) is 5.41 Å². The summed E-state index contributed by atoms with van der Waals surface area (Å²) in [5, 5.41) is 9.50. The molecule has 0 saturated carbocycles. The fourth-order valence-corrected chi connectivity index (χ4v) is 2.28. The second-order valence-electron chi connectivity index (χ2n) is 5.14. The molecule has 0 bridgehead atoms. The molecule has 0 radical (unpaired) electrons. The molecule has 0 saturated heterocycles. The average molecular weight is 220 g/mol. The molecule has 1 aromatic rings. The summed E-state index contributed by atoms with van der Waals surface area (Å²) in [6.45, 7) is 8.88. The van der Waals surface area contributed by atoms with Crippen LogP contribution in [0.5, 0.6) is 0 Å². The summed E-state index contributed by atoms with van der Waals surface area (Å²) in [7, 11) is 0. The van der Waals surface area contributed by atoms with Crippen LogP contribution in [0, 0.1) is 0 Å². The zero-order valence-corrected chi connectivity index (χ0v) is 11.0.